The van der Waals surface area contributed by atoms with Crippen LogP contribution in [0.5, 0.6) is 0 Å². The number of rotatable bonds is 40. The van der Waals surface area contributed by atoms with Gasteiger partial charge in [-0.2, -0.15) is 0 Å². The van der Waals surface area contributed by atoms with Crippen molar-refractivity contribution >= 4 is 19.8 Å². The summed E-state index contributed by atoms with van der Waals surface area (Å²) in [5, 5.41) is 50.0. The van der Waals surface area contributed by atoms with E-state index in [1.54, 1.807) is 0 Å². The lowest BCUT2D eigenvalue weighted by molar-refractivity contribution is -0.220. The minimum absolute atomic E-state index is 0.104. The number of carbonyl (C=O) groups excluding carboxylic acids is 2. The first-order valence-corrected chi connectivity index (χ1v) is 25.3. The van der Waals surface area contributed by atoms with Crippen LogP contribution in [-0.4, -0.2) is 98.3 Å². The standard InChI is InChI=1S/C45H87O13P/c1-3-5-7-9-11-12-13-14-15-16-17-18-19-20-21-22-23-24-25-26-27-28-30-32-34-39(47)57-37(35-55-38(46)33-31-29-10-8-6-4-2)36-56-59(53,54)58-45-43(51)41(49)40(48)42(50)44(45)52/h37,40-45,48-52H,3-36H2,1-2H3,(H,53,54). The highest BCUT2D eigenvalue weighted by Crippen LogP contribution is 2.47. The predicted octanol–water partition coefficient (Wildman–Crippen LogP) is 9.28. The molecular formula is C45H87O13P. The van der Waals surface area contributed by atoms with Gasteiger partial charge >= 0.3 is 19.8 Å². The molecule has 0 amide bonds. The number of hydrogen-bond donors (Lipinski definition) is 6. The molecule has 0 aliphatic heterocycles. The zero-order chi connectivity index (χ0) is 43.6. The Morgan fingerprint density at radius 2 is 0.763 bits per heavy atom. The molecule has 6 N–H and O–H groups in total. The summed E-state index contributed by atoms with van der Waals surface area (Å²) in [6, 6.07) is 0. The van der Waals surface area contributed by atoms with Gasteiger partial charge in [0.2, 0.25) is 0 Å². The van der Waals surface area contributed by atoms with Gasteiger partial charge in [-0.15, -0.1) is 0 Å². The second-order valence-corrected chi connectivity index (χ2v) is 18.4. The van der Waals surface area contributed by atoms with Gasteiger partial charge in [0, 0.05) is 12.8 Å². The fourth-order valence-corrected chi connectivity index (χ4v) is 8.56. The van der Waals surface area contributed by atoms with Crippen molar-refractivity contribution in [3.63, 3.8) is 0 Å². The van der Waals surface area contributed by atoms with E-state index in [0.717, 1.165) is 51.4 Å². The summed E-state index contributed by atoms with van der Waals surface area (Å²) in [6.45, 7) is 3.24. The van der Waals surface area contributed by atoms with Gasteiger partial charge < -0.3 is 39.9 Å². The third-order valence-electron chi connectivity index (χ3n) is 11.4. The number of unbranched alkanes of at least 4 members (excludes halogenated alkanes) is 28. The number of ether oxygens (including phenoxy) is 2. The highest BCUT2D eigenvalue weighted by atomic mass is 31.2. The molecule has 0 spiro atoms. The number of aliphatic hydroxyl groups excluding tert-OH is 5. The Labute approximate surface area is 357 Å². The maximum Gasteiger partial charge on any atom is 0.472 e. The maximum atomic E-state index is 12.8. The van der Waals surface area contributed by atoms with Crippen molar-refractivity contribution in [1.82, 2.24) is 0 Å². The van der Waals surface area contributed by atoms with Gasteiger partial charge in [0.05, 0.1) is 6.61 Å². The fourth-order valence-electron chi connectivity index (χ4n) is 7.58. The molecule has 6 atom stereocenters. The van der Waals surface area contributed by atoms with Crippen LogP contribution in [0.2, 0.25) is 0 Å². The van der Waals surface area contributed by atoms with Gasteiger partial charge in [-0.1, -0.05) is 194 Å². The third-order valence-corrected chi connectivity index (χ3v) is 12.4. The summed E-state index contributed by atoms with van der Waals surface area (Å²) in [4.78, 5) is 35.4. The van der Waals surface area contributed by atoms with Crippen LogP contribution in [0, 0.1) is 0 Å². The molecule has 59 heavy (non-hydrogen) atoms. The Balaban J connectivity index is 2.26. The predicted molar refractivity (Wildman–Crippen MR) is 231 cm³/mol. The quantitative estimate of drug-likeness (QED) is 0.0193. The lowest BCUT2D eigenvalue weighted by Crippen LogP contribution is -2.64. The van der Waals surface area contributed by atoms with Crippen molar-refractivity contribution in [3.05, 3.63) is 0 Å². The van der Waals surface area contributed by atoms with Gasteiger partial charge in [0.15, 0.2) is 6.10 Å². The van der Waals surface area contributed by atoms with Crippen LogP contribution in [0.25, 0.3) is 0 Å². The molecule has 0 radical (unpaired) electrons. The van der Waals surface area contributed by atoms with E-state index in [9.17, 15) is 44.6 Å². The number of carbonyl (C=O) groups is 2. The van der Waals surface area contributed by atoms with Crippen molar-refractivity contribution in [2.45, 2.75) is 262 Å². The zero-order valence-electron chi connectivity index (χ0n) is 37.1. The molecule has 1 aliphatic carbocycles. The van der Waals surface area contributed by atoms with Gasteiger partial charge in [-0.05, 0) is 12.8 Å². The Kier molecular flexibility index (Phi) is 34.4. The molecule has 14 heteroatoms. The molecule has 1 aliphatic rings. The van der Waals surface area contributed by atoms with Crippen LogP contribution < -0.4 is 0 Å². The van der Waals surface area contributed by atoms with E-state index in [4.69, 9.17) is 18.5 Å². The summed E-state index contributed by atoms with van der Waals surface area (Å²) in [6.07, 6.45) is 23.7. The Hall–Kier alpha value is -1.15. The number of phosphoric ester groups is 1. The average Bonchev–Trinajstić information content (AvgIpc) is 3.21. The number of esters is 2. The number of aliphatic hydroxyl groups is 5. The Bertz CT molecular complexity index is 1050. The van der Waals surface area contributed by atoms with Crippen LogP contribution in [0.3, 0.4) is 0 Å². The van der Waals surface area contributed by atoms with Crippen molar-refractivity contribution < 1.29 is 63.1 Å². The van der Waals surface area contributed by atoms with Crippen molar-refractivity contribution in [1.29, 1.82) is 0 Å². The summed E-state index contributed by atoms with van der Waals surface area (Å²) < 4.78 is 33.4. The third kappa shape index (κ3) is 29.0. The van der Waals surface area contributed by atoms with Crippen molar-refractivity contribution in [2.75, 3.05) is 13.2 Å². The normalized spacial score (nSPS) is 22.2. The molecule has 0 bridgehead atoms. The lowest BCUT2D eigenvalue weighted by Gasteiger charge is -2.41. The van der Waals surface area contributed by atoms with E-state index >= 15 is 0 Å². The second-order valence-electron chi connectivity index (χ2n) is 17.0. The van der Waals surface area contributed by atoms with Crippen molar-refractivity contribution in [2.24, 2.45) is 0 Å². The minimum Gasteiger partial charge on any atom is -0.462 e. The van der Waals surface area contributed by atoms with Crippen LogP contribution >= 0.6 is 7.82 Å². The lowest BCUT2D eigenvalue weighted by atomic mass is 9.85. The number of hydrogen-bond acceptors (Lipinski definition) is 12. The van der Waals surface area contributed by atoms with Crippen LogP contribution in [-0.2, 0) is 32.7 Å². The first-order valence-electron chi connectivity index (χ1n) is 23.8. The van der Waals surface area contributed by atoms with E-state index in [0.29, 0.717) is 12.8 Å². The largest absolute Gasteiger partial charge is 0.472 e. The van der Waals surface area contributed by atoms with Crippen LogP contribution in [0.4, 0.5) is 0 Å². The summed E-state index contributed by atoms with van der Waals surface area (Å²) in [5.41, 5.74) is 0. The molecule has 1 fully saturated rings. The monoisotopic (exact) mass is 867 g/mol. The van der Waals surface area contributed by atoms with Gasteiger partial charge in [-0.3, -0.25) is 18.6 Å². The van der Waals surface area contributed by atoms with E-state index < -0.39 is 75.7 Å². The first-order chi connectivity index (χ1) is 28.4. The van der Waals surface area contributed by atoms with Gasteiger partial charge in [0.25, 0.3) is 0 Å². The molecule has 0 aromatic heterocycles. The van der Waals surface area contributed by atoms with E-state index in [-0.39, 0.29) is 12.8 Å². The van der Waals surface area contributed by atoms with E-state index in [2.05, 4.69) is 13.8 Å². The molecule has 0 saturated heterocycles. The topological polar surface area (TPSA) is 210 Å². The zero-order valence-corrected chi connectivity index (χ0v) is 38.0. The molecule has 0 aromatic rings. The first kappa shape index (κ1) is 55.9. The molecule has 13 nitrogen and oxygen atoms in total. The molecule has 1 rings (SSSR count). The fraction of sp³-hybridized carbons (Fsp3) is 0.956. The van der Waals surface area contributed by atoms with E-state index in [1.807, 2.05) is 0 Å². The summed E-state index contributed by atoms with van der Waals surface area (Å²) in [7, 11) is -5.10. The van der Waals surface area contributed by atoms with Gasteiger partial charge in [0.1, 0.15) is 43.2 Å². The van der Waals surface area contributed by atoms with Crippen molar-refractivity contribution in [3.8, 4) is 0 Å². The number of phosphoric acid groups is 1. The molecular weight excluding hydrogens is 779 g/mol. The highest BCUT2D eigenvalue weighted by molar-refractivity contribution is 7.47. The van der Waals surface area contributed by atoms with Crippen LogP contribution in [0.1, 0.15) is 219 Å². The maximum absolute atomic E-state index is 12.8. The highest BCUT2D eigenvalue weighted by Gasteiger charge is 2.51. The summed E-state index contributed by atoms with van der Waals surface area (Å²) >= 11 is 0. The second kappa shape index (κ2) is 36.3. The summed E-state index contributed by atoms with van der Waals surface area (Å²) in [5.74, 6) is -1.10. The molecule has 1 saturated carbocycles. The molecule has 0 aromatic carbocycles. The minimum atomic E-state index is -5.10. The molecule has 0 heterocycles. The average molecular weight is 867 g/mol. The van der Waals surface area contributed by atoms with E-state index in [1.165, 1.54) is 128 Å². The SMILES string of the molecule is CCCCCCCCCCCCCCCCCCCCCCCCCCC(=O)OC(COC(=O)CCCCCCCC)COP(=O)(O)OC1C(O)C(O)C(O)C(O)C1O. The smallest absolute Gasteiger partial charge is 0.462 e. The van der Waals surface area contributed by atoms with Gasteiger partial charge in [-0.25, -0.2) is 4.57 Å². The Morgan fingerprint density at radius 1 is 0.458 bits per heavy atom. The Morgan fingerprint density at radius 3 is 1.12 bits per heavy atom. The molecule has 350 valence electrons. The molecule has 6 unspecified atom stereocenters. The van der Waals surface area contributed by atoms with Crippen LogP contribution in [0.15, 0.2) is 0 Å².